The Balaban J connectivity index is 0.00000324. The molecule has 3 N–H and O–H groups in total. The van der Waals surface area contributed by atoms with E-state index in [1.165, 1.54) is 11.8 Å². The molecule has 0 aliphatic rings. The van der Waals surface area contributed by atoms with Gasteiger partial charge in [0.05, 0.1) is 15.6 Å². The Kier molecular flexibility index (Phi) is 7.55. The molecule has 0 radical (unpaired) electrons. The third kappa shape index (κ3) is 5.79. The van der Waals surface area contributed by atoms with Crippen molar-refractivity contribution in [1.29, 1.82) is 0 Å². The normalized spacial score (nSPS) is 10.8. The average Bonchev–Trinajstić information content (AvgIpc) is 2.25. The lowest BCUT2D eigenvalue weighted by molar-refractivity contribution is 0.0946. The summed E-state index contributed by atoms with van der Waals surface area (Å²) in [5, 5.41) is 3.63. The van der Waals surface area contributed by atoms with Crippen LogP contribution in [0.1, 0.15) is 24.2 Å². The number of benzene rings is 1. The number of halogens is 3. The first-order valence-corrected chi connectivity index (χ1v) is 7.33. The molecule has 7 heteroatoms. The summed E-state index contributed by atoms with van der Waals surface area (Å²) in [5.74, 6) is -0.245. The van der Waals surface area contributed by atoms with Crippen molar-refractivity contribution in [2.75, 3.05) is 12.8 Å². The third-order valence-electron chi connectivity index (χ3n) is 2.19. The predicted molar refractivity (Wildman–Crippen MR) is 86.1 cm³/mol. The van der Waals surface area contributed by atoms with Crippen molar-refractivity contribution in [3.8, 4) is 0 Å². The summed E-state index contributed by atoms with van der Waals surface area (Å²) in [7, 11) is 0. The van der Waals surface area contributed by atoms with Gasteiger partial charge in [0.25, 0.3) is 5.91 Å². The summed E-state index contributed by atoms with van der Waals surface area (Å²) in [6.07, 6.45) is 1.89. The molecule has 0 heterocycles. The van der Waals surface area contributed by atoms with Crippen LogP contribution in [0.5, 0.6) is 0 Å². The quantitative estimate of drug-likeness (QED) is 0.821. The Morgan fingerprint density at radius 3 is 2.42 bits per heavy atom. The van der Waals surface area contributed by atoms with Gasteiger partial charge in [0.2, 0.25) is 0 Å². The summed E-state index contributed by atoms with van der Waals surface area (Å²) in [6.45, 7) is 4.05. The van der Waals surface area contributed by atoms with E-state index in [4.69, 9.17) is 28.9 Å². The minimum absolute atomic E-state index is 0. The third-order valence-corrected chi connectivity index (χ3v) is 3.71. The number of amides is 1. The van der Waals surface area contributed by atoms with E-state index in [0.717, 1.165) is 4.90 Å². The van der Waals surface area contributed by atoms with Crippen molar-refractivity contribution in [3.63, 3.8) is 0 Å². The minimum Gasteiger partial charge on any atom is -0.350 e. The Bertz CT molecular complexity index is 461. The molecule has 1 amide bonds. The smallest absolute Gasteiger partial charge is 0.252 e. The molecule has 0 saturated heterocycles. The Morgan fingerprint density at radius 1 is 1.37 bits per heavy atom. The van der Waals surface area contributed by atoms with Crippen LogP contribution in [0.2, 0.25) is 10.0 Å². The van der Waals surface area contributed by atoms with Gasteiger partial charge in [-0.15, -0.1) is 24.2 Å². The monoisotopic (exact) mass is 342 g/mol. The van der Waals surface area contributed by atoms with Gasteiger partial charge in [-0.05, 0) is 32.2 Å². The molecule has 1 rings (SSSR count). The topological polar surface area (TPSA) is 55.1 Å². The summed E-state index contributed by atoms with van der Waals surface area (Å²) < 4.78 is 0. The standard InChI is InChI=1S/C12H16Cl2N2OS.ClH/c1-12(2,15)6-16-11(17)7-4-10(18-3)9(14)5-8(7)13;/h4-5H,6,15H2,1-3H3,(H,16,17);1H. The van der Waals surface area contributed by atoms with Gasteiger partial charge in [0.1, 0.15) is 0 Å². The maximum Gasteiger partial charge on any atom is 0.252 e. The van der Waals surface area contributed by atoms with E-state index in [-0.39, 0.29) is 18.3 Å². The van der Waals surface area contributed by atoms with Crippen molar-refractivity contribution >= 4 is 53.3 Å². The molecule has 1 aromatic rings. The van der Waals surface area contributed by atoms with Crippen molar-refractivity contribution in [2.45, 2.75) is 24.3 Å². The van der Waals surface area contributed by atoms with Crippen LogP contribution in [0, 0.1) is 0 Å². The van der Waals surface area contributed by atoms with Crippen LogP contribution in [0.4, 0.5) is 0 Å². The molecule has 3 nitrogen and oxygen atoms in total. The van der Waals surface area contributed by atoms with Crippen LogP contribution in [-0.4, -0.2) is 24.2 Å². The fourth-order valence-corrected chi connectivity index (χ4v) is 2.45. The number of thioether (sulfide) groups is 1. The van der Waals surface area contributed by atoms with Crippen molar-refractivity contribution in [2.24, 2.45) is 5.73 Å². The van der Waals surface area contributed by atoms with Gasteiger partial charge in [-0.3, -0.25) is 4.79 Å². The van der Waals surface area contributed by atoms with Crippen LogP contribution < -0.4 is 11.1 Å². The largest absolute Gasteiger partial charge is 0.350 e. The maximum absolute atomic E-state index is 12.0. The number of rotatable bonds is 4. The van der Waals surface area contributed by atoms with Gasteiger partial charge in [-0.1, -0.05) is 23.2 Å². The molecule has 108 valence electrons. The average molecular weight is 344 g/mol. The van der Waals surface area contributed by atoms with Gasteiger partial charge in [0.15, 0.2) is 0 Å². The van der Waals surface area contributed by atoms with E-state index >= 15 is 0 Å². The first kappa shape index (κ1) is 18.9. The lowest BCUT2D eigenvalue weighted by atomic mass is 10.1. The minimum atomic E-state index is -0.461. The SMILES string of the molecule is CSc1cc(C(=O)NCC(C)(C)N)c(Cl)cc1Cl.Cl. The lowest BCUT2D eigenvalue weighted by Crippen LogP contribution is -2.45. The zero-order valence-electron chi connectivity index (χ0n) is 10.9. The van der Waals surface area contributed by atoms with E-state index in [1.54, 1.807) is 12.1 Å². The van der Waals surface area contributed by atoms with Crippen LogP contribution in [0.25, 0.3) is 0 Å². The summed E-state index contributed by atoms with van der Waals surface area (Å²) >= 11 is 13.5. The molecule has 0 atom stereocenters. The van der Waals surface area contributed by atoms with Crippen molar-refractivity contribution < 1.29 is 4.79 Å². The fourth-order valence-electron chi connectivity index (χ4n) is 1.26. The molecule has 0 aliphatic heterocycles. The Morgan fingerprint density at radius 2 is 1.95 bits per heavy atom. The Labute approximate surface area is 134 Å². The molecular formula is C12H17Cl3N2OS. The molecule has 19 heavy (non-hydrogen) atoms. The van der Waals surface area contributed by atoms with Crippen LogP contribution in [0.15, 0.2) is 17.0 Å². The van der Waals surface area contributed by atoms with Gasteiger partial charge < -0.3 is 11.1 Å². The zero-order valence-corrected chi connectivity index (χ0v) is 14.1. The number of nitrogens with one attached hydrogen (secondary N) is 1. The van der Waals surface area contributed by atoms with E-state index in [1.807, 2.05) is 20.1 Å². The summed E-state index contributed by atoms with van der Waals surface area (Å²) in [4.78, 5) is 12.8. The highest BCUT2D eigenvalue weighted by molar-refractivity contribution is 7.98. The molecule has 0 saturated carbocycles. The first-order valence-electron chi connectivity index (χ1n) is 5.34. The number of hydrogen-bond donors (Lipinski definition) is 2. The second kappa shape index (κ2) is 7.60. The summed E-state index contributed by atoms with van der Waals surface area (Å²) in [6, 6.07) is 3.27. The molecular weight excluding hydrogens is 327 g/mol. The predicted octanol–water partition coefficient (Wildman–Crippen LogP) is 3.60. The Hall–Kier alpha value is -0.130. The van der Waals surface area contributed by atoms with Gasteiger partial charge >= 0.3 is 0 Å². The van der Waals surface area contributed by atoms with Crippen LogP contribution >= 0.6 is 47.4 Å². The number of carbonyl (C=O) groups is 1. The highest BCUT2D eigenvalue weighted by Crippen LogP contribution is 2.31. The molecule has 0 unspecified atom stereocenters. The number of hydrogen-bond acceptors (Lipinski definition) is 3. The van der Waals surface area contributed by atoms with E-state index in [0.29, 0.717) is 22.2 Å². The van der Waals surface area contributed by atoms with Crippen molar-refractivity contribution in [3.05, 3.63) is 27.7 Å². The number of carbonyl (C=O) groups excluding carboxylic acids is 1. The second-order valence-corrected chi connectivity index (χ2v) is 6.30. The molecule has 0 aromatic heterocycles. The van der Waals surface area contributed by atoms with Crippen LogP contribution in [0.3, 0.4) is 0 Å². The zero-order chi connectivity index (χ0) is 13.9. The molecule has 0 aliphatic carbocycles. The molecule has 0 fully saturated rings. The van der Waals surface area contributed by atoms with Crippen molar-refractivity contribution in [1.82, 2.24) is 5.32 Å². The van der Waals surface area contributed by atoms with Gasteiger partial charge in [-0.2, -0.15) is 0 Å². The lowest BCUT2D eigenvalue weighted by Gasteiger charge is -2.19. The van der Waals surface area contributed by atoms with Gasteiger partial charge in [0, 0.05) is 17.0 Å². The maximum atomic E-state index is 12.0. The number of nitrogens with two attached hydrogens (primary N) is 1. The first-order chi connectivity index (χ1) is 8.24. The highest BCUT2D eigenvalue weighted by Gasteiger charge is 2.17. The fraction of sp³-hybridized carbons (Fsp3) is 0.417. The molecule has 0 bridgehead atoms. The van der Waals surface area contributed by atoms with E-state index in [9.17, 15) is 4.79 Å². The highest BCUT2D eigenvalue weighted by atomic mass is 35.5. The van der Waals surface area contributed by atoms with Gasteiger partial charge in [-0.25, -0.2) is 0 Å². The van der Waals surface area contributed by atoms with Crippen LogP contribution in [-0.2, 0) is 0 Å². The van der Waals surface area contributed by atoms with E-state index in [2.05, 4.69) is 5.32 Å². The van der Waals surface area contributed by atoms with E-state index < -0.39 is 5.54 Å². The summed E-state index contributed by atoms with van der Waals surface area (Å²) in [5.41, 5.74) is 5.76. The second-order valence-electron chi connectivity index (χ2n) is 4.64. The molecule has 0 spiro atoms. The molecule has 1 aromatic carbocycles.